The summed E-state index contributed by atoms with van der Waals surface area (Å²) in [5, 5.41) is 3.40. The van der Waals surface area contributed by atoms with Crippen LogP contribution in [-0.2, 0) is 24.4 Å². The van der Waals surface area contributed by atoms with Gasteiger partial charge in [0.2, 0.25) is 0 Å². The molecule has 1 heterocycles. The van der Waals surface area contributed by atoms with Crippen molar-refractivity contribution in [3.05, 3.63) is 65.2 Å². The van der Waals surface area contributed by atoms with Crippen LogP contribution in [0.2, 0.25) is 0 Å². The quantitative estimate of drug-likeness (QED) is 0.535. The van der Waals surface area contributed by atoms with Gasteiger partial charge in [-0.2, -0.15) is 0 Å². The molecular weight excluding hydrogens is 376 g/mol. The summed E-state index contributed by atoms with van der Waals surface area (Å²) in [6.45, 7) is 8.92. The van der Waals surface area contributed by atoms with Crippen LogP contribution in [0.3, 0.4) is 0 Å². The second-order valence-electron chi connectivity index (χ2n) is 7.55. The molecule has 1 fully saturated rings. The zero-order valence-electron chi connectivity index (χ0n) is 18.4. The number of morpholine rings is 1. The third kappa shape index (κ3) is 6.47. The van der Waals surface area contributed by atoms with E-state index in [2.05, 4.69) is 59.4 Å². The van der Waals surface area contributed by atoms with Gasteiger partial charge in [-0.15, -0.1) is 0 Å². The van der Waals surface area contributed by atoms with Crippen LogP contribution in [-0.4, -0.2) is 62.8 Å². The van der Waals surface area contributed by atoms with Crippen molar-refractivity contribution < 1.29 is 9.47 Å². The second-order valence-corrected chi connectivity index (χ2v) is 7.55. The van der Waals surface area contributed by atoms with Gasteiger partial charge >= 0.3 is 0 Å². The maximum atomic E-state index is 5.49. The Morgan fingerprint density at radius 2 is 1.90 bits per heavy atom. The molecule has 0 spiro atoms. The predicted molar refractivity (Wildman–Crippen MR) is 122 cm³/mol. The topological polar surface area (TPSA) is 49.3 Å². The Balaban J connectivity index is 1.65. The first-order valence-corrected chi connectivity index (χ1v) is 10.7. The van der Waals surface area contributed by atoms with Crippen molar-refractivity contribution in [2.45, 2.75) is 26.6 Å². The fourth-order valence-corrected chi connectivity index (χ4v) is 3.64. The molecule has 0 radical (unpaired) electrons. The Morgan fingerprint density at radius 1 is 1.13 bits per heavy atom. The molecule has 0 unspecified atom stereocenters. The van der Waals surface area contributed by atoms with Crippen LogP contribution in [0.4, 0.5) is 0 Å². The number of hydrogen-bond acceptors (Lipinski definition) is 4. The van der Waals surface area contributed by atoms with E-state index in [-0.39, 0.29) is 0 Å². The molecular formula is C24H34N4O2. The lowest BCUT2D eigenvalue weighted by atomic mass is 10.1. The molecule has 162 valence electrons. The average Bonchev–Trinajstić information content (AvgIpc) is 2.78. The van der Waals surface area contributed by atoms with Gasteiger partial charge in [0.05, 0.1) is 26.9 Å². The number of ether oxygens (including phenoxy) is 2. The number of para-hydroxylation sites is 1. The first-order chi connectivity index (χ1) is 14.7. The van der Waals surface area contributed by atoms with Gasteiger partial charge in [-0.25, -0.2) is 4.99 Å². The number of hydrogen-bond donors (Lipinski definition) is 1. The first-order valence-electron chi connectivity index (χ1n) is 10.7. The van der Waals surface area contributed by atoms with Gasteiger partial charge in [-0.3, -0.25) is 4.90 Å². The van der Waals surface area contributed by atoms with E-state index in [4.69, 9.17) is 14.5 Å². The number of nitrogens with zero attached hydrogens (tertiary/aromatic N) is 3. The summed E-state index contributed by atoms with van der Waals surface area (Å²) in [7, 11) is 3.77. The van der Waals surface area contributed by atoms with E-state index in [1.165, 1.54) is 11.1 Å². The van der Waals surface area contributed by atoms with Crippen molar-refractivity contribution in [1.29, 1.82) is 0 Å². The van der Waals surface area contributed by atoms with Gasteiger partial charge in [-0.05, 0) is 24.1 Å². The molecule has 0 aromatic heterocycles. The fraction of sp³-hybridized carbons (Fsp3) is 0.458. The van der Waals surface area contributed by atoms with E-state index in [0.717, 1.165) is 63.2 Å². The summed E-state index contributed by atoms with van der Waals surface area (Å²) in [6, 6.07) is 16.9. The molecule has 1 aliphatic rings. The number of guanidine groups is 1. The van der Waals surface area contributed by atoms with Crippen LogP contribution >= 0.6 is 0 Å². The molecule has 0 amide bonds. The molecule has 1 N–H and O–H groups in total. The molecule has 0 atom stereocenters. The third-order valence-corrected chi connectivity index (χ3v) is 5.21. The van der Waals surface area contributed by atoms with Crippen LogP contribution in [0.25, 0.3) is 0 Å². The molecule has 0 bridgehead atoms. The van der Waals surface area contributed by atoms with Crippen LogP contribution in [0, 0.1) is 0 Å². The van der Waals surface area contributed by atoms with Gasteiger partial charge in [0, 0.05) is 45.3 Å². The van der Waals surface area contributed by atoms with Gasteiger partial charge in [0.15, 0.2) is 5.96 Å². The van der Waals surface area contributed by atoms with E-state index >= 15 is 0 Å². The molecule has 2 aromatic rings. The highest BCUT2D eigenvalue weighted by atomic mass is 16.5. The number of nitrogens with one attached hydrogen (secondary N) is 1. The van der Waals surface area contributed by atoms with Crippen molar-refractivity contribution in [1.82, 2.24) is 15.1 Å². The Labute approximate surface area is 180 Å². The molecule has 1 aliphatic heterocycles. The van der Waals surface area contributed by atoms with E-state index in [1.807, 2.05) is 18.2 Å². The lowest BCUT2D eigenvalue weighted by Crippen LogP contribution is -2.38. The van der Waals surface area contributed by atoms with Crippen LogP contribution in [0.1, 0.15) is 23.6 Å². The zero-order valence-corrected chi connectivity index (χ0v) is 18.4. The smallest absolute Gasteiger partial charge is 0.194 e. The summed E-state index contributed by atoms with van der Waals surface area (Å²) < 4.78 is 10.9. The Kier molecular flexibility index (Phi) is 8.53. The van der Waals surface area contributed by atoms with Gasteiger partial charge in [0.25, 0.3) is 0 Å². The normalized spacial score (nSPS) is 15.1. The molecule has 0 aliphatic carbocycles. The minimum Gasteiger partial charge on any atom is -0.496 e. The number of aliphatic imine (C=N–C) groups is 1. The van der Waals surface area contributed by atoms with E-state index in [0.29, 0.717) is 6.54 Å². The summed E-state index contributed by atoms with van der Waals surface area (Å²) in [4.78, 5) is 9.46. The van der Waals surface area contributed by atoms with E-state index in [1.54, 1.807) is 7.11 Å². The van der Waals surface area contributed by atoms with Crippen LogP contribution < -0.4 is 10.1 Å². The molecule has 0 saturated carbocycles. The molecule has 2 aromatic carbocycles. The predicted octanol–water partition coefficient (Wildman–Crippen LogP) is 3.12. The number of methoxy groups -OCH3 is 1. The van der Waals surface area contributed by atoms with Crippen molar-refractivity contribution in [2.75, 3.05) is 47.0 Å². The monoisotopic (exact) mass is 410 g/mol. The maximum Gasteiger partial charge on any atom is 0.194 e. The van der Waals surface area contributed by atoms with E-state index in [9.17, 15) is 0 Å². The van der Waals surface area contributed by atoms with Crippen molar-refractivity contribution in [3.63, 3.8) is 0 Å². The Morgan fingerprint density at radius 3 is 2.67 bits per heavy atom. The maximum absolute atomic E-state index is 5.49. The van der Waals surface area contributed by atoms with Gasteiger partial charge in [0.1, 0.15) is 5.75 Å². The summed E-state index contributed by atoms with van der Waals surface area (Å²) >= 11 is 0. The molecule has 30 heavy (non-hydrogen) atoms. The highest BCUT2D eigenvalue weighted by Gasteiger charge is 2.12. The minimum atomic E-state index is 0.648. The van der Waals surface area contributed by atoms with E-state index < -0.39 is 0 Å². The minimum absolute atomic E-state index is 0.648. The van der Waals surface area contributed by atoms with Gasteiger partial charge in [-0.1, -0.05) is 42.5 Å². The summed E-state index contributed by atoms with van der Waals surface area (Å²) in [5.41, 5.74) is 3.69. The molecule has 6 nitrogen and oxygen atoms in total. The Bertz CT molecular complexity index is 818. The lowest BCUT2D eigenvalue weighted by molar-refractivity contribution is 0.0342. The average molecular weight is 411 g/mol. The SMILES string of the molecule is CCNC(=NCc1cccc(CN2CCOCC2)c1)N(C)Cc1ccccc1OC. The van der Waals surface area contributed by atoms with Crippen molar-refractivity contribution >= 4 is 5.96 Å². The molecule has 1 saturated heterocycles. The highest BCUT2D eigenvalue weighted by molar-refractivity contribution is 5.79. The fourth-order valence-electron chi connectivity index (χ4n) is 3.64. The highest BCUT2D eigenvalue weighted by Crippen LogP contribution is 2.19. The van der Waals surface area contributed by atoms with Crippen LogP contribution in [0.5, 0.6) is 5.75 Å². The summed E-state index contributed by atoms with van der Waals surface area (Å²) in [5.74, 6) is 1.79. The largest absolute Gasteiger partial charge is 0.496 e. The van der Waals surface area contributed by atoms with Crippen molar-refractivity contribution in [2.24, 2.45) is 4.99 Å². The number of benzene rings is 2. The number of rotatable bonds is 8. The van der Waals surface area contributed by atoms with Gasteiger partial charge < -0.3 is 19.7 Å². The standard InChI is InChI=1S/C24H34N4O2/c1-4-25-24(27(2)19-22-10-5-6-11-23(22)29-3)26-17-20-8-7-9-21(16-20)18-28-12-14-30-15-13-28/h5-11,16H,4,12-15,17-19H2,1-3H3,(H,25,26). The van der Waals surface area contributed by atoms with Crippen molar-refractivity contribution in [3.8, 4) is 5.75 Å². The Hall–Kier alpha value is -2.57. The lowest BCUT2D eigenvalue weighted by Gasteiger charge is -2.26. The third-order valence-electron chi connectivity index (χ3n) is 5.21. The summed E-state index contributed by atoms with van der Waals surface area (Å²) in [6.07, 6.45) is 0. The molecule has 3 rings (SSSR count). The van der Waals surface area contributed by atoms with Crippen LogP contribution in [0.15, 0.2) is 53.5 Å². The second kappa shape index (κ2) is 11.6. The first kappa shape index (κ1) is 22.1. The zero-order chi connectivity index (χ0) is 21.2. The molecule has 6 heteroatoms.